The summed E-state index contributed by atoms with van der Waals surface area (Å²) in [5, 5.41) is 7.01. The van der Waals surface area contributed by atoms with Gasteiger partial charge in [0.25, 0.3) is 0 Å². The van der Waals surface area contributed by atoms with Gasteiger partial charge in [-0.25, -0.2) is 0 Å². The van der Waals surface area contributed by atoms with E-state index in [1.54, 1.807) is 24.3 Å². The lowest BCUT2D eigenvalue weighted by molar-refractivity contribution is -0.119. The van der Waals surface area contributed by atoms with Gasteiger partial charge in [0.1, 0.15) is 5.75 Å². The highest BCUT2D eigenvalue weighted by Crippen LogP contribution is 2.32. The van der Waals surface area contributed by atoms with Crippen molar-refractivity contribution in [2.45, 2.75) is 52.4 Å². The van der Waals surface area contributed by atoms with Gasteiger partial charge < -0.3 is 15.4 Å². The van der Waals surface area contributed by atoms with E-state index in [-0.39, 0.29) is 5.91 Å². The van der Waals surface area contributed by atoms with Crippen LogP contribution in [0.1, 0.15) is 63.5 Å². The monoisotopic (exact) mass is 432 g/mol. The van der Waals surface area contributed by atoms with Crippen LogP contribution >= 0.6 is 23.8 Å². The van der Waals surface area contributed by atoms with Crippen LogP contribution in [0.5, 0.6) is 5.75 Å². The highest BCUT2D eigenvalue weighted by atomic mass is 35.5. The van der Waals surface area contributed by atoms with Crippen LogP contribution in [0.2, 0.25) is 5.02 Å². The minimum atomic E-state index is -0.129. The number of hydrogen-bond acceptors (Lipinski definition) is 3. The van der Waals surface area contributed by atoms with E-state index in [9.17, 15) is 4.79 Å². The Balaban J connectivity index is 1.85. The Labute approximate surface area is 184 Å². The normalized spacial score (nSPS) is 10.9. The number of ether oxygens (including phenoxy) is 1. The SMILES string of the molecule is CC(C)c1cccc(C(C)C)c1NC(=S)NC(=O)CCCOc1ccc(Cl)cc1. The maximum Gasteiger partial charge on any atom is 0.226 e. The summed E-state index contributed by atoms with van der Waals surface area (Å²) in [4.78, 5) is 12.2. The molecule has 0 unspecified atom stereocenters. The van der Waals surface area contributed by atoms with Crippen LogP contribution < -0.4 is 15.4 Å². The number of carbonyl (C=O) groups excluding carboxylic acids is 1. The number of nitrogens with one attached hydrogen (secondary N) is 2. The molecule has 2 rings (SSSR count). The molecule has 2 N–H and O–H groups in total. The summed E-state index contributed by atoms with van der Waals surface area (Å²) >= 11 is 11.2. The molecule has 0 aliphatic rings. The number of amides is 1. The molecule has 0 saturated carbocycles. The maximum absolute atomic E-state index is 12.2. The average Bonchev–Trinajstić information content (AvgIpc) is 2.66. The minimum absolute atomic E-state index is 0.129. The molecule has 2 aromatic carbocycles. The molecule has 0 radical (unpaired) electrons. The summed E-state index contributed by atoms with van der Waals surface area (Å²) in [6.07, 6.45) is 0.926. The van der Waals surface area contributed by atoms with Gasteiger partial charge in [-0.15, -0.1) is 0 Å². The third-order valence-corrected chi connectivity index (χ3v) is 4.95. The molecule has 0 saturated heterocycles. The molecule has 0 fully saturated rings. The van der Waals surface area contributed by atoms with Gasteiger partial charge in [-0.3, -0.25) is 4.79 Å². The molecule has 0 bridgehead atoms. The largest absolute Gasteiger partial charge is 0.494 e. The van der Waals surface area contributed by atoms with Crippen LogP contribution in [0.3, 0.4) is 0 Å². The molecule has 0 aromatic heterocycles. The van der Waals surface area contributed by atoms with Crippen molar-refractivity contribution >= 4 is 40.5 Å². The molecule has 0 aliphatic carbocycles. The van der Waals surface area contributed by atoms with Gasteiger partial charge in [0.05, 0.1) is 6.61 Å². The Bertz CT molecular complexity index is 809. The maximum atomic E-state index is 12.2. The average molecular weight is 433 g/mol. The van der Waals surface area contributed by atoms with E-state index in [0.717, 1.165) is 11.4 Å². The third kappa shape index (κ3) is 7.33. The number of carbonyl (C=O) groups is 1. The molecular formula is C23H29ClN2O2S. The van der Waals surface area contributed by atoms with Gasteiger partial charge in [0.15, 0.2) is 5.11 Å². The van der Waals surface area contributed by atoms with Crippen molar-refractivity contribution in [2.75, 3.05) is 11.9 Å². The zero-order valence-corrected chi connectivity index (χ0v) is 19.0. The molecule has 29 heavy (non-hydrogen) atoms. The zero-order valence-electron chi connectivity index (χ0n) is 17.4. The first kappa shape index (κ1) is 23.2. The molecule has 6 heteroatoms. The Morgan fingerprint density at radius 1 is 1.03 bits per heavy atom. The molecule has 0 heterocycles. The zero-order chi connectivity index (χ0) is 21.4. The van der Waals surface area contributed by atoms with E-state index in [4.69, 9.17) is 28.6 Å². The van der Waals surface area contributed by atoms with Crippen molar-refractivity contribution in [1.29, 1.82) is 0 Å². The number of benzene rings is 2. The van der Waals surface area contributed by atoms with Crippen LogP contribution in [0.4, 0.5) is 5.69 Å². The summed E-state index contributed by atoms with van der Waals surface area (Å²) in [6, 6.07) is 13.4. The number of rotatable bonds is 8. The van der Waals surface area contributed by atoms with Gasteiger partial charge in [0.2, 0.25) is 5.91 Å². The molecule has 156 valence electrons. The van der Waals surface area contributed by atoms with Crippen molar-refractivity contribution < 1.29 is 9.53 Å². The van der Waals surface area contributed by atoms with E-state index < -0.39 is 0 Å². The second-order valence-corrected chi connectivity index (χ2v) is 8.37. The molecule has 2 aromatic rings. The Morgan fingerprint density at radius 3 is 2.17 bits per heavy atom. The molecule has 4 nitrogen and oxygen atoms in total. The smallest absolute Gasteiger partial charge is 0.226 e. The number of anilines is 1. The first-order valence-corrected chi connectivity index (χ1v) is 10.7. The Hall–Kier alpha value is -2.11. The van der Waals surface area contributed by atoms with Gasteiger partial charge in [-0.2, -0.15) is 0 Å². The minimum Gasteiger partial charge on any atom is -0.494 e. The van der Waals surface area contributed by atoms with E-state index in [1.165, 1.54) is 11.1 Å². The second kappa shape index (κ2) is 11.2. The van der Waals surface area contributed by atoms with Gasteiger partial charge in [-0.05, 0) is 65.9 Å². The van der Waals surface area contributed by atoms with Crippen LogP contribution in [-0.4, -0.2) is 17.6 Å². The van der Waals surface area contributed by atoms with E-state index in [1.807, 2.05) is 0 Å². The fraction of sp³-hybridized carbons (Fsp3) is 0.391. The fourth-order valence-electron chi connectivity index (χ4n) is 2.98. The van der Waals surface area contributed by atoms with Gasteiger partial charge in [0, 0.05) is 17.1 Å². The first-order chi connectivity index (χ1) is 13.8. The lowest BCUT2D eigenvalue weighted by atomic mass is 9.93. The predicted molar refractivity (Wildman–Crippen MR) is 125 cm³/mol. The molecule has 1 amide bonds. The number of halogens is 1. The van der Waals surface area contributed by atoms with E-state index in [0.29, 0.717) is 41.4 Å². The van der Waals surface area contributed by atoms with Crippen LogP contribution in [0.25, 0.3) is 0 Å². The van der Waals surface area contributed by atoms with Crippen LogP contribution in [-0.2, 0) is 4.79 Å². The topological polar surface area (TPSA) is 50.4 Å². The Morgan fingerprint density at radius 2 is 1.62 bits per heavy atom. The molecule has 0 atom stereocenters. The number of para-hydroxylation sites is 1. The predicted octanol–water partition coefficient (Wildman–Crippen LogP) is 6.26. The molecular weight excluding hydrogens is 404 g/mol. The summed E-state index contributed by atoms with van der Waals surface area (Å²) in [5.74, 6) is 1.30. The van der Waals surface area contributed by atoms with Crippen molar-refractivity contribution in [3.63, 3.8) is 0 Å². The van der Waals surface area contributed by atoms with Gasteiger partial charge in [-0.1, -0.05) is 57.5 Å². The highest BCUT2D eigenvalue weighted by molar-refractivity contribution is 7.80. The lowest BCUT2D eigenvalue weighted by Crippen LogP contribution is -2.34. The summed E-state index contributed by atoms with van der Waals surface area (Å²) in [7, 11) is 0. The van der Waals surface area contributed by atoms with E-state index in [2.05, 4.69) is 56.5 Å². The number of hydrogen-bond donors (Lipinski definition) is 2. The first-order valence-electron chi connectivity index (χ1n) is 9.90. The summed E-state index contributed by atoms with van der Waals surface area (Å²) in [6.45, 7) is 9.03. The van der Waals surface area contributed by atoms with E-state index >= 15 is 0 Å². The molecule has 0 spiro atoms. The number of thiocarbonyl (C=S) groups is 1. The lowest BCUT2D eigenvalue weighted by Gasteiger charge is -2.21. The van der Waals surface area contributed by atoms with Crippen LogP contribution in [0.15, 0.2) is 42.5 Å². The van der Waals surface area contributed by atoms with Crippen LogP contribution in [0, 0.1) is 0 Å². The quantitative estimate of drug-likeness (QED) is 0.382. The van der Waals surface area contributed by atoms with Crippen molar-refractivity contribution in [2.24, 2.45) is 0 Å². The second-order valence-electron chi connectivity index (χ2n) is 7.53. The van der Waals surface area contributed by atoms with Gasteiger partial charge >= 0.3 is 0 Å². The highest BCUT2D eigenvalue weighted by Gasteiger charge is 2.15. The van der Waals surface area contributed by atoms with Crippen molar-refractivity contribution in [1.82, 2.24) is 5.32 Å². The summed E-state index contributed by atoms with van der Waals surface area (Å²) in [5.41, 5.74) is 3.36. The third-order valence-electron chi connectivity index (χ3n) is 4.49. The fourth-order valence-corrected chi connectivity index (χ4v) is 3.32. The Kier molecular flexibility index (Phi) is 8.93. The summed E-state index contributed by atoms with van der Waals surface area (Å²) < 4.78 is 5.61. The van der Waals surface area contributed by atoms with Crippen molar-refractivity contribution in [3.8, 4) is 5.75 Å². The molecule has 0 aliphatic heterocycles. The van der Waals surface area contributed by atoms with Crippen molar-refractivity contribution in [3.05, 3.63) is 58.6 Å². The standard InChI is InChI=1S/C23H29ClN2O2S/c1-15(2)19-7-5-8-20(16(3)4)22(19)26-23(29)25-21(27)9-6-14-28-18-12-10-17(24)11-13-18/h5,7-8,10-13,15-16H,6,9,14H2,1-4H3,(H2,25,26,27,29).